The third-order valence-corrected chi connectivity index (χ3v) is 6.49. The summed E-state index contributed by atoms with van der Waals surface area (Å²) in [6, 6.07) is 2.07. The number of rotatable bonds is 10. The average molecular weight is 451 g/mol. The van der Waals surface area contributed by atoms with Gasteiger partial charge >= 0.3 is 0 Å². The number of nitrogens with one attached hydrogen (secondary N) is 3. The van der Waals surface area contributed by atoms with Gasteiger partial charge in [0.05, 0.1) is 16.9 Å². The zero-order valence-electron chi connectivity index (χ0n) is 15.4. The molecule has 0 aliphatic carbocycles. The summed E-state index contributed by atoms with van der Waals surface area (Å²) in [5.41, 5.74) is 1.34. The summed E-state index contributed by atoms with van der Waals surface area (Å²) in [6.07, 6.45) is 2.46. The minimum absolute atomic E-state index is 0.0382. The van der Waals surface area contributed by atoms with Crippen molar-refractivity contribution in [3.8, 4) is 0 Å². The fourth-order valence-electron chi connectivity index (χ4n) is 2.34. The molecule has 28 heavy (non-hydrogen) atoms. The van der Waals surface area contributed by atoms with Gasteiger partial charge in [-0.3, -0.25) is 4.72 Å². The summed E-state index contributed by atoms with van der Waals surface area (Å²) in [5.74, 6) is -0.990. The molecule has 0 spiro atoms. The van der Waals surface area contributed by atoms with Gasteiger partial charge in [-0.1, -0.05) is 42.0 Å². The Morgan fingerprint density at radius 3 is 2.68 bits per heavy atom. The van der Waals surface area contributed by atoms with Gasteiger partial charge in [0, 0.05) is 12.6 Å². The first-order chi connectivity index (χ1) is 13.2. The first-order valence-electron chi connectivity index (χ1n) is 8.37. The van der Waals surface area contributed by atoms with Crippen molar-refractivity contribution in [2.24, 2.45) is 0 Å². The molecule has 1 atom stereocenters. The van der Waals surface area contributed by atoms with Crippen molar-refractivity contribution in [2.45, 2.75) is 30.7 Å². The van der Waals surface area contributed by atoms with Crippen LogP contribution in [0.15, 0.2) is 35.4 Å². The molecule has 11 heteroatoms. The summed E-state index contributed by atoms with van der Waals surface area (Å²) in [7, 11) is -2.50. The highest BCUT2D eigenvalue weighted by Gasteiger charge is 2.23. The van der Waals surface area contributed by atoms with Gasteiger partial charge in [-0.15, -0.1) is 0 Å². The predicted octanol–water partition coefficient (Wildman–Crippen LogP) is 4.23. The average Bonchev–Trinajstić information content (AvgIpc) is 3.04. The first kappa shape index (κ1) is 22.5. The molecule has 0 unspecified atom stereocenters. The van der Waals surface area contributed by atoms with Crippen LogP contribution in [0.25, 0.3) is 0 Å². The van der Waals surface area contributed by atoms with Crippen molar-refractivity contribution in [1.29, 1.82) is 0 Å². The smallest absolute Gasteiger partial charge is 0.266 e. The van der Waals surface area contributed by atoms with Gasteiger partial charge in [-0.2, -0.15) is 4.39 Å². The predicted molar refractivity (Wildman–Crippen MR) is 110 cm³/mol. The van der Waals surface area contributed by atoms with E-state index in [-0.39, 0.29) is 21.9 Å². The molecule has 1 heterocycles. The standard InChI is InChI=1S/C17H21ClF2N4O2S2/c1-4-10(2)5-11(21-3)8-22-14-7-13(19)15(6-12(14)18)28(25,26)24-17-23-9-16(20)27-17/h6-7,9,11,21-22H,2,4-5,8H2,1,3H3,(H,23,24)/t11-/m0/s1. The van der Waals surface area contributed by atoms with Crippen LogP contribution in [0.4, 0.5) is 19.6 Å². The summed E-state index contributed by atoms with van der Waals surface area (Å²) in [4.78, 5) is 2.91. The number of anilines is 2. The molecule has 0 radical (unpaired) electrons. The summed E-state index contributed by atoms with van der Waals surface area (Å²) in [6.45, 7) is 6.42. The number of sulfonamides is 1. The van der Waals surface area contributed by atoms with Crippen LogP contribution in [-0.4, -0.2) is 33.0 Å². The van der Waals surface area contributed by atoms with Crippen molar-refractivity contribution >= 4 is 43.8 Å². The lowest BCUT2D eigenvalue weighted by atomic mass is 10.1. The molecule has 2 aromatic rings. The molecule has 0 fully saturated rings. The molecule has 1 aromatic carbocycles. The quantitative estimate of drug-likeness (QED) is 0.472. The van der Waals surface area contributed by atoms with Crippen LogP contribution in [0, 0.1) is 10.9 Å². The van der Waals surface area contributed by atoms with E-state index in [4.69, 9.17) is 11.6 Å². The van der Waals surface area contributed by atoms with Crippen molar-refractivity contribution in [1.82, 2.24) is 10.3 Å². The number of thiazole rings is 1. The molecule has 0 aliphatic heterocycles. The van der Waals surface area contributed by atoms with Crippen LogP contribution in [0.1, 0.15) is 19.8 Å². The van der Waals surface area contributed by atoms with E-state index >= 15 is 0 Å². The van der Waals surface area contributed by atoms with E-state index in [2.05, 4.69) is 22.2 Å². The summed E-state index contributed by atoms with van der Waals surface area (Å²) < 4.78 is 54.2. The normalized spacial score (nSPS) is 12.6. The number of benzene rings is 1. The van der Waals surface area contributed by atoms with Crippen LogP contribution >= 0.6 is 22.9 Å². The number of aromatic nitrogens is 1. The zero-order chi connectivity index (χ0) is 20.9. The lowest BCUT2D eigenvalue weighted by Gasteiger charge is -2.19. The third-order valence-electron chi connectivity index (χ3n) is 3.99. The third kappa shape index (κ3) is 5.87. The maximum absolute atomic E-state index is 14.5. The maximum Gasteiger partial charge on any atom is 0.266 e. The van der Waals surface area contributed by atoms with Crippen LogP contribution in [0.2, 0.25) is 5.02 Å². The maximum atomic E-state index is 14.5. The summed E-state index contributed by atoms with van der Waals surface area (Å²) >= 11 is 6.63. The highest BCUT2D eigenvalue weighted by Crippen LogP contribution is 2.30. The van der Waals surface area contributed by atoms with Crippen molar-refractivity contribution in [3.63, 3.8) is 0 Å². The number of nitrogens with zero attached hydrogens (tertiary/aromatic N) is 1. The van der Waals surface area contributed by atoms with Crippen molar-refractivity contribution in [2.75, 3.05) is 23.6 Å². The number of likely N-dealkylation sites (N-methyl/N-ethyl adjacent to an activating group) is 1. The fraction of sp³-hybridized carbons (Fsp3) is 0.353. The van der Waals surface area contributed by atoms with Crippen LogP contribution in [0.5, 0.6) is 0 Å². The molecule has 3 N–H and O–H groups in total. The highest BCUT2D eigenvalue weighted by atomic mass is 35.5. The lowest BCUT2D eigenvalue weighted by Crippen LogP contribution is -2.33. The SMILES string of the molecule is C=C(CC)C[C@@H](CNc1cc(F)c(S(=O)(=O)Nc2ncc(F)s2)cc1Cl)NC. The van der Waals surface area contributed by atoms with Crippen LogP contribution < -0.4 is 15.4 Å². The Bertz CT molecular complexity index is 951. The summed E-state index contributed by atoms with van der Waals surface area (Å²) in [5, 5.41) is 5.32. The molecule has 0 saturated heterocycles. The molecule has 0 bridgehead atoms. The van der Waals surface area contributed by atoms with Gasteiger partial charge in [-0.25, -0.2) is 17.8 Å². The van der Waals surface area contributed by atoms with E-state index in [1.165, 1.54) is 0 Å². The van der Waals surface area contributed by atoms with Crippen LogP contribution in [0.3, 0.4) is 0 Å². The van der Waals surface area contributed by atoms with Gasteiger partial charge < -0.3 is 10.6 Å². The molecule has 0 aliphatic rings. The zero-order valence-corrected chi connectivity index (χ0v) is 17.7. The van der Waals surface area contributed by atoms with E-state index in [0.717, 1.165) is 36.7 Å². The number of hydrogen-bond donors (Lipinski definition) is 3. The molecular weight excluding hydrogens is 430 g/mol. The van der Waals surface area contributed by atoms with Gasteiger partial charge in [0.25, 0.3) is 10.0 Å². The van der Waals surface area contributed by atoms with Gasteiger partial charge in [0.15, 0.2) is 10.3 Å². The Balaban J connectivity index is 2.16. The molecule has 0 amide bonds. The van der Waals surface area contributed by atoms with Gasteiger partial charge in [-0.05, 0) is 32.0 Å². The van der Waals surface area contributed by atoms with E-state index in [9.17, 15) is 17.2 Å². The Morgan fingerprint density at radius 1 is 1.39 bits per heavy atom. The molecule has 1 aromatic heterocycles. The Morgan fingerprint density at radius 2 is 2.11 bits per heavy atom. The molecule has 0 saturated carbocycles. The highest BCUT2D eigenvalue weighted by molar-refractivity contribution is 7.93. The Labute approximate surface area is 172 Å². The van der Waals surface area contributed by atoms with E-state index < -0.39 is 25.9 Å². The minimum atomic E-state index is -4.31. The molecule has 6 nitrogen and oxygen atoms in total. The second kappa shape index (κ2) is 9.64. The van der Waals surface area contributed by atoms with E-state index in [1.54, 1.807) is 7.05 Å². The molecule has 154 valence electrons. The number of halogens is 3. The lowest BCUT2D eigenvalue weighted by molar-refractivity contribution is 0.567. The van der Waals surface area contributed by atoms with Gasteiger partial charge in [0.2, 0.25) is 0 Å². The monoisotopic (exact) mass is 450 g/mol. The van der Waals surface area contributed by atoms with Crippen molar-refractivity contribution < 1.29 is 17.2 Å². The molecular formula is C17H21ClF2N4O2S2. The van der Waals surface area contributed by atoms with E-state index in [0.29, 0.717) is 17.9 Å². The second-order valence-electron chi connectivity index (χ2n) is 6.01. The second-order valence-corrected chi connectivity index (χ2v) is 9.05. The van der Waals surface area contributed by atoms with Crippen LogP contribution in [-0.2, 0) is 10.0 Å². The fourth-order valence-corrected chi connectivity index (χ4v) is 4.51. The van der Waals surface area contributed by atoms with Crippen molar-refractivity contribution in [3.05, 3.63) is 46.5 Å². The molecule has 2 rings (SSSR count). The van der Waals surface area contributed by atoms with Gasteiger partial charge in [0.1, 0.15) is 10.7 Å². The Hall–Kier alpha value is -1.75. The van der Waals surface area contributed by atoms with E-state index in [1.807, 2.05) is 11.6 Å². The first-order valence-corrected chi connectivity index (χ1v) is 11.0. The topological polar surface area (TPSA) is 83.1 Å². The Kier molecular flexibility index (Phi) is 7.76. The minimum Gasteiger partial charge on any atom is -0.382 e. The largest absolute Gasteiger partial charge is 0.382 e. The number of hydrogen-bond acceptors (Lipinski definition) is 6.